The van der Waals surface area contributed by atoms with E-state index in [1.807, 2.05) is 0 Å². The zero-order valence-electron chi connectivity index (χ0n) is 13.4. The van der Waals surface area contributed by atoms with E-state index in [0.717, 1.165) is 18.8 Å². The highest BCUT2D eigenvalue weighted by atomic mass is 19.1. The van der Waals surface area contributed by atoms with Gasteiger partial charge in [0, 0.05) is 0 Å². The van der Waals surface area contributed by atoms with Gasteiger partial charge in [-0.2, -0.15) is 0 Å². The molecule has 0 aromatic carbocycles. The highest BCUT2D eigenvalue weighted by molar-refractivity contribution is 5.24. The van der Waals surface area contributed by atoms with Gasteiger partial charge in [0.1, 0.15) is 6.17 Å². The molecule has 7 atom stereocenters. The average Bonchev–Trinajstić information content (AvgIpc) is 2.70. The maximum Gasteiger partial charge on any atom is 0.127 e. The van der Waals surface area contributed by atoms with E-state index in [1.54, 1.807) is 5.57 Å². The van der Waals surface area contributed by atoms with E-state index in [2.05, 4.69) is 19.9 Å². The van der Waals surface area contributed by atoms with Crippen molar-refractivity contribution >= 4 is 0 Å². The van der Waals surface area contributed by atoms with Gasteiger partial charge in [-0.15, -0.1) is 0 Å². The van der Waals surface area contributed by atoms with Gasteiger partial charge in [-0.25, -0.2) is 4.39 Å². The van der Waals surface area contributed by atoms with Crippen LogP contribution < -0.4 is 0 Å². The van der Waals surface area contributed by atoms with E-state index in [1.165, 1.54) is 32.1 Å². The van der Waals surface area contributed by atoms with Gasteiger partial charge in [-0.3, -0.25) is 0 Å². The van der Waals surface area contributed by atoms with Crippen molar-refractivity contribution in [3.05, 3.63) is 11.6 Å². The summed E-state index contributed by atoms with van der Waals surface area (Å²) in [5, 5.41) is 10.3. The molecule has 4 aliphatic rings. The topological polar surface area (TPSA) is 20.2 Å². The second-order valence-electron chi connectivity index (χ2n) is 8.71. The van der Waals surface area contributed by atoms with Gasteiger partial charge in [-0.1, -0.05) is 31.9 Å². The first kappa shape index (κ1) is 14.2. The molecule has 21 heavy (non-hydrogen) atoms. The molecule has 0 aromatic heterocycles. The minimum atomic E-state index is -0.997. The molecule has 1 N–H and O–H groups in total. The number of halogens is 1. The fourth-order valence-corrected chi connectivity index (χ4v) is 6.64. The highest BCUT2D eigenvalue weighted by Crippen LogP contribution is 2.65. The predicted octanol–water partition coefficient (Wildman–Crippen LogP) is 4.65. The number of hydrogen-bond acceptors (Lipinski definition) is 1. The number of alkyl halides is 1. The van der Waals surface area contributed by atoms with Gasteiger partial charge < -0.3 is 5.11 Å². The Morgan fingerprint density at radius 2 is 2.00 bits per heavy atom. The number of aliphatic hydroxyl groups is 1. The van der Waals surface area contributed by atoms with Gasteiger partial charge in [0.15, 0.2) is 0 Å². The van der Waals surface area contributed by atoms with Crippen molar-refractivity contribution in [2.24, 2.45) is 28.6 Å². The first-order valence-corrected chi connectivity index (χ1v) is 8.98. The lowest BCUT2D eigenvalue weighted by Crippen LogP contribution is -2.50. The molecule has 0 saturated heterocycles. The molecule has 0 aliphatic heterocycles. The fourth-order valence-electron chi connectivity index (χ4n) is 6.64. The molecular weight excluding hydrogens is 263 g/mol. The van der Waals surface area contributed by atoms with Crippen molar-refractivity contribution in [3.63, 3.8) is 0 Å². The van der Waals surface area contributed by atoms with Crippen LogP contribution in [-0.4, -0.2) is 17.4 Å². The lowest BCUT2D eigenvalue weighted by Gasteiger charge is -2.57. The van der Waals surface area contributed by atoms with E-state index in [-0.39, 0.29) is 5.41 Å². The number of allylic oxidation sites excluding steroid dienone is 2. The van der Waals surface area contributed by atoms with Crippen molar-refractivity contribution in [2.45, 2.75) is 77.5 Å². The Morgan fingerprint density at radius 3 is 2.81 bits per heavy atom. The van der Waals surface area contributed by atoms with Crippen LogP contribution in [0.15, 0.2) is 11.6 Å². The first-order chi connectivity index (χ1) is 9.97. The molecule has 0 aromatic rings. The fraction of sp³-hybridized carbons (Fsp3) is 0.895. The third-order valence-corrected chi connectivity index (χ3v) is 7.95. The average molecular weight is 292 g/mol. The molecule has 4 rings (SSSR count). The van der Waals surface area contributed by atoms with Crippen molar-refractivity contribution in [1.82, 2.24) is 0 Å². The molecule has 4 aliphatic carbocycles. The molecule has 3 saturated carbocycles. The monoisotopic (exact) mass is 292 g/mol. The maximum absolute atomic E-state index is 14.2. The molecule has 3 fully saturated rings. The SMILES string of the molecule is C[C@]12CC[C@H]3[C@@H](CC=C4CCCC[C@@]43C)[C@@H]1C[C@@H](F)[C@H]2O. The van der Waals surface area contributed by atoms with Gasteiger partial charge in [0.05, 0.1) is 6.10 Å². The Labute approximate surface area is 128 Å². The van der Waals surface area contributed by atoms with Gasteiger partial charge in [-0.05, 0) is 73.5 Å². The third kappa shape index (κ3) is 1.77. The summed E-state index contributed by atoms with van der Waals surface area (Å²) in [6.45, 7) is 4.64. The molecule has 0 radical (unpaired) electrons. The normalized spacial score (nSPS) is 56.2. The first-order valence-electron chi connectivity index (χ1n) is 8.98. The Bertz CT molecular complexity index is 472. The van der Waals surface area contributed by atoms with E-state index in [0.29, 0.717) is 23.7 Å². The standard InChI is InChI=1S/C19H29FO/c1-18-9-4-3-5-12(18)6-7-13-14(18)8-10-19(2)15(13)11-16(20)17(19)21/h6,13-17,21H,3-5,7-11H2,1-2H3/t13-,14+,15+,16-,17-,18+,19+/m1/s1. The maximum atomic E-state index is 14.2. The Kier molecular flexibility index (Phi) is 3.10. The summed E-state index contributed by atoms with van der Waals surface area (Å²) in [6.07, 6.45) is 10.0. The summed E-state index contributed by atoms with van der Waals surface area (Å²) in [6, 6.07) is 0. The van der Waals surface area contributed by atoms with Crippen LogP contribution in [0.1, 0.15) is 65.2 Å². The minimum absolute atomic E-state index is 0.170. The highest BCUT2D eigenvalue weighted by Gasteiger charge is 2.60. The van der Waals surface area contributed by atoms with Crippen LogP contribution in [0.2, 0.25) is 0 Å². The molecular formula is C19H29FO. The molecule has 0 heterocycles. The van der Waals surface area contributed by atoms with E-state index in [9.17, 15) is 9.50 Å². The van der Waals surface area contributed by atoms with Crippen LogP contribution in [0.25, 0.3) is 0 Å². The molecule has 2 heteroatoms. The van der Waals surface area contributed by atoms with Crippen LogP contribution in [0, 0.1) is 28.6 Å². The molecule has 0 spiro atoms. The van der Waals surface area contributed by atoms with Gasteiger partial charge in [0.25, 0.3) is 0 Å². The molecule has 0 bridgehead atoms. The summed E-state index contributed by atoms with van der Waals surface area (Å²) in [5.74, 6) is 1.72. The third-order valence-electron chi connectivity index (χ3n) is 7.95. The van der Waals surface area contributed by atoms with Crippen LogP contribution >= 0.6 is 0 Å². The quantitative estimate of drug-likeness (QED) is 0.644. The Hall–Kier alpha value is -0.370. The van der Waals surface area contributed by atoms with Crippen molar-refractivity contribution < 1.29 is 9.50 Å². The zero-order valence-corrected chi connectivity index (χ0v) is 13.4. The summed E-state index contributed by atoms with van der Waals surface area (Å²) in [4.78, 5) is 0. The second kappa shape index (κ2) is 4.57. The lowest BCUT2D eigenvalue weighted by molar-refractivity contribution is -0.0720. The van der Waals surface area contributed by atoms with E-state index < -0.39 is 12.3 Å². The largest absolute Gasteiger partial charge is 0.390 e. The second-order valence-corrected chi connectivity index (χ2v) is 8.71. The molecule has 1 nitrogen and oxygen atoms in total. The van der Waals surface area contributed by atoms with Gasteiger partial charge >= 0.3 is 0 Å². The van der Waals surface area contributed by atoms with Crippen LogP contribution in [0.4, 0.5) is 4.39 Å². The van der Waals surface area contributed by atoms with Crippen LogP contribution in [0.5, 0.6) is 0 Å². The zero-order chi connectivity index (χ0) is 14.8. The number of rotatable bonds is 0. The smallest absolute Gasteiger partial charge is 0.127 e. The summed E-state index contributed by atoms with van der Waals surface area (Å²) >= 11 is 0. The Morgan fingerprint density at radius 1 is 1.19 bits per heavy atom. The van der Waals surface area contributed by atoms with Crippen molar-refractivity contribution in [2.75, 3.05) is 0 Å². The van der Waals surface area contributed by atoms with Crippen molar-refractivity contribution in [3.8, 4) is 0 Å². The number of aliphatic hydroxyl groups excluding tert-OH is 1. The van der Waals surface area contributed by atoms with Crippen LogP contribution in [-0.2, 0) is 0 Å². The number of fused-ring (bicyclic) bond motifs is 5. The van der Waals surface area contributed by atoms with Crippen molar-refractivity contribution in [1.29, 1.82) is 0 Å². The molecule has 118 valence electrons. The minimum Gasteiger partial charge on any atom is -0.390 e. The Balaban J connectivity index is 1.70. The van der Waals surface area contributed by atoms with E-state index in [4.69, 9.17) is 0 Å². The summed E-state index contributed by atoms with van der Waals surface area (Å²) < 4.78 is 14.2. The van der Waals surface area contributed by atoms with E-state index >= 15 is 0 Å². The molecule has 0 amide bonds. The van der Waals surface area contributed by atoms with Gasteiger partial charge in [0.2, 0.25) is 0 Å². The molecule has 0 unspecified atom stereocenters. The summed E-state index contributed by atoms with van der Waals surface area (Å²) in [5.41, 5.74) is 1.91. The predicted molar refractivity (Wildman–Crippen MR) is 82.6 cm³/mol. The number of hydrogen-bond donors (Lipinski definition) is 1. The summed E-state index contributed by atoms with van der Waals surface area (Å²) in [7, 11) is 0. The van der Waals surface area contributed by atoms with Crippen LogP contribution in [0.3, 0.4) is 0 Å². The lowest BCUT2D eigenvalue weighted by atomic mass is 9.48.